The fourth-order valence-electron chi connectivity index (χ4n) is 1.45. The van der Waals surface area contributed by atoms with Crippen molar-refractivity contribution in [2.45, 2.75) is 0 Å². The largest absolute Gasteiger partial charge is 0.452 e. The molecule has 0 amide bonds. The Kier molecular flexibility index (Phi) is 4.26. The Morgan fingerprint density at radius 2 is 1.85 bits per heavy atom. The summed E-state index contributed by atoms with van der Waals surface area (Å²) < 4.78 is 32.8. The predicted molar refractivity (Wildman–Crippen MR) is 77.4 cm³/mol. The molecule has 3 nitrogen and oxygen atoms in total. The van der Waals surface area contributed by atoms with E-state index in [4.69, 9.17) is 15.7 Å². The summed E-state index contributed by atoms with van der Waals surface area (Å²) in [6, 6.07) is 6.85. The van der Waals surface area contributed by atoms with E-state index in [0.29, 0.717) is 0 Å². The van der Waals surface area contributed by atoms with E-state index in [-0.39, 0.29) is 31.7 Å². The first-order chi connectivity index (χ1) is 9.43. The molecule has 2 N–H and O–H groups in total. The average molecular weight is 404 g/mol. The van der Waals surface area contributed by atoms with Gasteiger partial charge in [-0.25, -0.2) is 8.78 Å². The zero-order valence-electron chi connectivity index (χ0n) is 9.75. The fraction of sp³-hybridized carbons (Fsp3) is 0. The van der Waals surface area contributed by atoms with E-state index in [0.717, 1.165) is 6.07 Å². The van der Waals surface area contributed by atoms with Crippen LogP contribution in [0.3, 0.4) is 0 Å². The van der Waals surface area contributed by atoms with Gasteiger partial charge in [-0.2, -0.15) is 5.26 Å². The number of halogens is 4. The van der Waals surface area contributed by atoms with Crippen LogP contribution >= 0.6 is 31.9 Å². The van der Waals surface area contributed by atoms with Crippen molar-refractivity contribution in [3.05, 3.63) is 50.4 Å². The summed E-state index contributed by atoms with van der Waals surface area (Å²) in [6.45, 7) is 0. The zero-order chi connectivity index (χ0) is 14.9. The maximum absolute atomic E-state index is 14.0. The molecular formula is C13H6Br2F2N2O. The molecular weight excluding hydrogens is 398 g/mol. The maximum atomic E-state index is 14.0. The minimum atomic E-state index is -0.758. The second kappa shape index (κ2) is 5.77. The van der Waals surface area contributed by atoms with Gasteiger partial charge >= 0.3 is 0 Å². The highest BCUT2D eigenvalue weighted by molar-refractivity contribution is 9.10. The zero-order valence-corrected chi connectivity index (χ0v) is 12.9. The molecule has 0 aliphatic rings. The minimum absolute atomic E-state index is 0.0128. The molecule has 0 saturated heterocycles. The molecule has 2 aromatic carbocycles. The third kappa shape index (κ3) is 2.76. The van der Waals surface area contributed by atoms with E-state index in [1.54, 1.807) is 0 Å². The third-order valence-electron chi connectivity index (χ3n) is 2.44. The van der Waals surface area contributed by atoms with Crippen LogP contribution in [0.4, 0.5) is 14.5 Å². The monoisotopic (exact) mass is 402 g/mol. The number of nitrogen functional groups attached to an aromatic ring is 1. The van der Waals surface area contributed by atoms with Crippen molar-refractivity contribution in [1.82, 2.24) is 0 Å². The molecule has 0 fully saturated rings. The van der Waals surface area contributed by atoms with Crippen molar-refractivity contribution in [2.24, 2.45) is 0 Å². The van der Waals surface area contributed by atoms with Crippen LogP contribution in [0, 0.1) is 23.0 Å². The molecule has 102 valence electrons. The van der Waals surface area contributed by atoms with E-state index in [1.807, 2.05) is 6.07 Å². The lowest BCUT2D eigenvalue weighted by Gasteiger charge is -2.11. The van der Waals surface area contributed by atoms with Crippen LogP contribution in [-0.4, -0.2) is 0 Å². The van der Waals surface area contributed by atoms with Crippen molar-refractivity contribution in [2.75, 3.05) is 5.73 Å². The number of nitrogens with zero attached hydrogens (tertiary/aromatic N) is 1. The fourth-order valence-corrected chi connectivity index (χ4v) is 2.23. The highest BCUT2D eigenvalue weighted by Gasteiger charge is 2.15. The predicted octanol–water partition coefficient (Wildman–Crippen LogP) is 4.74. The van der Waals surface area contributed by atoms with Gasteiger partial charge in [0.25, 0.3) is 0 Å². The van der Waals surface area contributed by atoms with E-state index in [9.17, 15) is 8.78 Å². The topological polar surface area (TPSA) is 59.0 Å². The van der Waals surface area contributed by atoms with Gasteiger partial charge in [-0.1, -0.05) is 0 Å². The smallest absolute Gasteiger partial charge is 0.181 e. The maximum Gasteiger partial charge on any atom is 0.181 e. The van der Waals surface area contributed by atoms with Crippen LogP contribution in [0.1, 0.15) is 5.56 Å². The molecule has 2 aromatic rings. The lowest BCUT2D eigenvalue weighted by atomic mass is 10.2. The molecule has 2 rings (SSSR count). The van der Waals surface area contributed by atoms with Gasteiger partial charge in [0.1, 0.15) is 11.9 Å². The number of benzene rings is 2. The second-order valence-electron chi connectivity index (χ2n) is 3.76. The molecule has 0 unspecified atom stereocenters. The van der Waals surface area contributed by atoms with Crippen molar-refractivity contribution in [3.63, 3.8) is 0 Å². The van der Waals surface area contributed by atoms with Gasteiger partial charge in [0.2, 0.25) is 0 Å². The minimum Gasteiger partial charge on any atom is -0.452 e. The first kappa shape index (κ1) is 14.8. The molecule has 0 atom stereocenters. The number of hydrogen-bond acceptors (Lipinski definition) is 3. The van der Waals surface area contributed by atoms with E-state index in [1.165, 1.54) is 18.2 Å². The van der Waals surface area contributed by atoms with Gasteiger partial charge in [0, 0.05) is 6.07 Å². The van der Waals surface area contributed by atoms with Crippen molar-refractivity contribution in [3.8, 4) is 17.6 Å². The van der Waals surface area contributed by atoms with E-state index in [2.05, 4.69) is 31.9 Å². The summed E-state index contributed by atoms with van der Waals surface area (Å²) in [5.74, 6) is -1.51. The summed E-state index contributed by atoms with van der Waals surface area (Å²) in [5.41, 5.74) is 5.95. The molecule has 0 saturated carbocycles. The first-order valence-electron chi connectivity index (χ1n) is 5.24. The highest BCUT2D eigenvalue weighted by Crippen LogP contribution is 2.35. The van der Waals surface area contributed by atoms with Gasteiger partial charge in [-0.3, -0.25) is 0 Å². The number of nitriles is 1. The Morgan fingerprint density at radius 3 is 2.50 bits per heavy atom. The van der Waals surface area contributed by atoms with Gasteiger partial charge in [-0.15, -0.1) is 0 Å². The van der Waals surface area contributed by atoms with Crippen LogP contribution in [-0.2, 0) is 0 Å². The van der Waals surface area contributed by atoms with E-state index >= 15 is 0 Å². The Labute approximate surface area is 130 Å². The molecule has 0 aromatic heterocycles. The summed E-state index contributed by atoms with van der Waals surface area (Å²) in [4.78, 5) is 0. The van der Waals surface area contributed by atoms with Crippen molar-refractivity contribution < 1.29 is 13.5 Å². The Bertz CT molecular complexity index is 729. The summed E-state index contributed by atoms with van der Waals surface area (Å²) in [6.07, 6.45) is 0. The van der Waals surface area contributed by atoms with Crippen LogP contribution in [0.25, 0.3) is 0 Å². The SMILES string of the molecule is N#Cc1ccc(Oc2cc(F)c(Br)cc2N)c(F)c1Br. The number of ether oxygens (including phenoxy) is 1. The number of anilines is 1. The molecule has 0 bridgehead atoms. The lowest BCUT2D eigenvalue weighted by molar-refractivity contribution is 0.438. The Hall–Kier alpha value is -1.65. The van der Waals surface area contributed by atoms with Crippen LogP contribution < -0.4 is 10.5 Å². The molecule has 20 heavy (non-hydrogen) atoms. The van der Waals surface area contributed by atoms with Gasteiger partial charge in [0.15, 0.2) is 17.3 Å². The van der Waals surface area contributed by atoms with E-state index < -0.39 is 11.6 Å². The Morgan fingerprint density at radius 1 is 1.15 bits per heavy atom. The van der Waals surface area contributed by atoms with Gasteiger partial charge in [0.05, 0.1) is 20.2 Å². The average Bonchev–Trinajstić information content (AvgIpc) is 2.41. The number of nitrogens with two attached hydrogens (primary N) is 1. The number of hydrogen-bond donors (Lipinski definition) is 1. The first-order valence-corrected chi connectivity index (χ1v) is 6.83. The van der Waals surface area contributed by atoms with Crippen molar-refractivity contribution >= 4 is 37.5 Å². The quantitative estimate of drug-likeness (QED) is 0.737. The van der Waals surface area contributed by atoms with Crippen LogP contribution in [0.15, 0.2) is 33.2 Å². The molecule has 0 aliphatic heterocycles. The normalized spacial score (nSPS) is 10.2. The summed E-state index contributed by atoms with van der Waals surface area (Å²) in [7, 11) is 0. The third-order valence-corrected chi connectivity index (χ3v) is 3.82. The standard InChI is InChI=1S/C13H6Br2F2N2O/c14-7-3-9(19)11(4-8(7)16)20-10-2-1-6(5-18)12(15)13(10)17/h1-4H,19H2. The summed E-state index contributed by atoms with van der Waals surface area (Å²) in [5, 5.41) is 8.77. The molecule has 0 aliphatic carbocycles. The molecule has 0 spiro atoms. The van der Waals surface area contributed by atoms with Gasteiger partial charge < -0.3 is 10.5 Å². The van der Waals surface area contributed by atoms with Crippen LogP contribution in [0.2, 0.25) is 0 Å². The highest BCUT2D eigenvalue weighted by atomic mass is 79.9. The molecule has 0 radical (unpaired) electrons. The second-order valence-corrected chi connectivity index (χ2v) is 5.40. The summed E-state index contributed by atoms with van der Waals surface area (Å²) >= 11 is 5.94. The van der Waals surface area contributed by atoms with Crippen molar-refractivity contribution in [1.29, 1.82) is 5.26 Å². The molecule has 0 heterocycles. The van der Waals surface area contributed by atoms with Gasteiger partial charge in [-0.05, 0) is 50.1 Å². The Balaban J connectivity index is 2.44. The number of rotatable bonds is 2. The lowest BCUT2D eigenvalue weighted by Crippen LogP contribution is -1.96. The van der Waals surface area contributed by atoms with Crippen LogP contribution in [0.5, 0.6) is 11.5 Å². The molecule has 7 heteroatoms.